The molecule has 0 saturated carbocycles. The van der Waals surface area contributed by atoms with Crippen LogP contribution in [0.5, 0.6) is 11.5 Å². The molecule has 6 heterocycles. The number of rotatable bonds is 8. The largest absolute Gasteiger partial charge is 0.443 e. The molecule has 3 aliphatic rings. The van der Waals surface area contributed by atoms with Gasteiger partial charge < -0.3 is 24.1 Å². The number of amides is 1. The van der Waals surface area contributed by atoms with Gasteiger partial charge in [0.15, 0.2) is 11.5 Å². The van der Waals surface area contributed by atoms with Crippen molar-refractivity contribution in [2.75, 3.05) is 25.0 Å². The Kier molecular flexibility index (Phi) is 8.02. The number of fused-ring (bicyclic) bond motifs is 3. The second-order valence-electron chi connectivity index (χ2n) is 14.0. The molecule has 0 aliphatic carbocycles. The van der Waals surface area contributed by atoms with Crippen molar-refractivity contribution in [3.63, 3.8) is 0 Å². The van der Waals surface area contributed by atoms with E-state index in [1.54, 1.807) is 12.3 Å². The molecule has 9 rings (SSSR count). The minimum absolute atomic E-state index is 0.160. The highest BCUT2D eigenvalue weighted by Gasteiger charge is 2.41. The Hall–Kier alpha value is -5.23. The van der Waals surface area contributed by atoms with Crippen molar-refractivity contribution in [1.29, 1.82) is 0 Å². The van der Waals surface area contributed by atoms with Crippen LogP contribution in [0.25, 0.3) is 27.5 Å². The number of carbonyl (C=O) groups is 1. The molecule has 0 radical (unpaired) electrons. The number of halogens is 1. The number of H-pyrrole nitrogens is 1. The quantitative estimate of drug-likeness (QED) is 0.166. The van der Waals surface area contributed by atoms with Crippen LogP contribution in [0.1, 0.15) is 58.5 Å². The van der Waals surface area contributed by atoms with Gasteiger partial charge in [-0.25, -0.2) is 4.98 Å². The monoisotopic (exact) mass is 715 g/mol. The van der Waals surface area contributed by atoms with Gasteiger partial charge in [-0.05, 0) is 86.4 Å². The van der Waals surface area contributed by atoms with Crippen molar-refractivity contribution in [1.82, 2.24) is 29.6 Å². The Morgan fingerprint density at radius 1 is 1.12 bits per heavy atom. The van der Waals surface area contributed by atoms with Gasteiger partial charge in [-0.15, -0.1) is 0 Å². The molecule has 1 amide bonds. The third-order valence-corrected chi connectivity index (χ3v) is 10.6. The van der Waals surface area contributed by atoms with E-state index in [1.165, 1.54) is 5.57 Å². The summed E-state index contributed by atoms with van der Waals surface area (Å²) in [4.78, 5) is 25.4. The number of pyridine rings is 1. The number of aromatic amines is 1. The summed E-state index contributed by atoms with van der Waals surface area (Å²) in [5, 5.41) is 12.0. The molecule has 11 nitrogen and oxygen atoms in total. The molecule has 1 fully saturated rings. The molecule has 3 aliphatic heterocycles. The minimum atomic E-state index is -1.04. The van der Waals surface area contributed by atoms with E-state index in [9.17, 15) is 4.79 Å². The molecule has 52 heavy (non-hydrogen) atoms. The number of anilines is 1. The summed E-state index contributed by atoms with van der Waals surface area (Å²) in [6.45, 7) is 9.63. The first-order valence-corrected chi connectivity index (χ1v) is 18.0. The second-order valence-corrected chi connectivity index (χ2v) is 14.4. The van der Waals surface area contributed by atoms with Gasteiger partial charge in [0.05, 0.1) is 46.5 Å². The Balaban J connectivity index is 0.940. The number of para-hydroxylation sites is 1. The lowest BCUT2D eigenvalue weighted by molar-refractivity contribution is -0.0718. The number of hydrogen-bond acceptors (Lipinski definition) is 8. The van der Waals surface area contributed by atoms with Crippen molar-refractivity contribution in [3.05, 3.63) is 112 Å². The van der Waals surface area contributed by atoms with Gasteiger partial charge in [0.2, 0.25) is 0 Å². The van der Waals surface area contributed by atoms with E-state index in [1.807, 2.05) is 69.3 Å². The average molecular weight is 716 g/mol. The summed E-state index contributed by atoms with van der Waals surface area (Å²) < 4.78 is 20.9. The highest BCUT2D eigenvalue weighted by atomic mass is 35.5. The van der Waals surface area contributed by atoms with Crippen molar-refractivity contribution in [2.24, 2.45) is 0 Å². The zero-order chi connectivity index (χ0) is 35.6. The maximum atomic E-state index is 13.5. The third kappa shape index (κ3) is 5.88. The molecule has 0 bridgehead atoms. The molecule has 6 aromatic rings. The summed E-state index contributed by atoms with van der Waals surface area (Å²) in [5.74, 6) is 1.17. The summed E-state index contributed by atoms with van der Waals surface area (Å²) in [6.07, 6.45) is 5.90. The van der Waals surface area contributed by atoms with E-state index in [2.05, 4.69) is 42.1 Å². The standard InChI is InChI=1S/C40H38ClN7O4/c1-23-17-28(19-31-24(2)45-46-37(23)31)43-39(49)26-7-9-33-32(18-26)44-36(48(33)21-29-13-16-50-29)22-47-14-11-25(12-15-47)30-5-4-6-34-38(30)52-40(3,51-34)35-10-8-27(41)20-42-35/h4-11,17-20,29H,12-16,21-22H2,1-3H3,(H,43,49)(H,45,46)/t29-,40+/m0/s1. The number of aromatic nitrogens is 5. The zero-order valence-electron chi connectivity index (χ0n) is 29.2. The highest BCUT2D eigenvalue weighted by molar-refractivity contribution is 6.30. The first kappa shape index (κ1) is 32.7. The topological polar surface area (TPSA) is 119 Å². The third-order valence-electron chi connectivity index (χ3n) is 10.4. The predicted octanol–water partition coefficient (Wildman–Crippen LogP) is 7.55. The van der Waals surface area contributed by atoms with Crippen molar-refractivity contribution < 1.29 is 19.0 Å². The van der Waals surface area contributed by atoms with E-state index in [4.69, 9.17) is 30.8 Å². The van der Waals surface area contributed by atoms with E-state index < -0.39 is 5.79 Å². The number of carbonyl (C=O) groups excluding carboxylic acids is 1. The number of nitrogens with zero attached hydrogens (tertiary/aromatic N) is 5. The normalized spacial score (nSPS) is 19.9. The van der Waals surface area contributed by atoms with Gasteiger partial charge in [-0.1, -0.05) is 29.8 Å². The second kappa shape index (κ2) is 12.8. The number of ether oxygens (including phenoxy) is 3. The maximum absolute atomic E-state index is 13.5. The Bertz CT molecular complexity index is 2400. The molecular weight excluding hydrogens is 678 g/mol. The molecule has 0 unspecified atom stereocenters. The van der Waals surface area contributed by atoms with Crippen molar-refractivity contribution >= 4 is 50.7 Å². The lowest BCUT2D eigenvalue weighted by Crippen LogP contribution is -2.33. The van der Waals surface area contributed by atoms with Crippen LogP contribution in [0, 0.1) is 13.8 Å². The van der Waals surface area contributed by atoms with Crippen LogP contribution in [0.15, 0.2) is 72.9 Å². The molecule has 264 valence electrons. The van der Waals surface area contributed by atoms with Crippen LogP contribution in [0.3, 0.4) is 0 Å². The zero-order valence-corrected chi connectivity index (χ0v) is 30.0. The molecule has 0 spiro atoms. The van der Waals surface area contributed by atoms with Crippen molar-refractivity contribution in [2.45, 2.75) is 58.6 Å². The smallest absolute Gasteiger partial charge is 0.292 e. The lowest BCUT2D eigenvalue weighted by Gasteiger charge is -2.29. The molecule has 2 N–H and O–H groups in total. The van der Waals surface area contributed by atoms with Gasteiger partial charge in [0, 0.05) is 55.0 Å². The SMILES string of the molecule is Cc1n[nH]c2c(C)cc(NC(=O)c3ccc4c(c3)nc(CN3CC=C(c5cccc6c5O[C@](C)(c5ccc(Cl)cn5)O6)CC3)n4C[C@@H]3CCO3)cc12. The number of nitrogens with one attached hydrogen (secondary N) is 2. The summed E-state index contributed by atoms with van der Waals surface area (Å²) in [5.41, 5.74) is 8.88. The van der Waals surface area contributed by atoms with Gasteiger partial charge in [0.1, 0.15) is 11.5 Å². The van der Waals surface area contributed by atoms with Crippen LogP contribution in [-0.4, -0.2) is 61.3 Å². The van der Waals surface area contributed by atoms with Gasteiger partial charge >= 0.3 is 0 Å². The summed E-state index contributed by atoms with van der Waals surface area (Å²) in [7, 11) is 0. The lowest BCUT2D eigenvalue weighted by atomic mass is 9.98. The van der Waals surface area contributed by atoms with E-state index in [-0.39, 0.29) is 12.0 Å². The molecule has 2 atom stereocenters. The number of aryl methyl sites for hydroxylation is 2. The van der Waals surface area contributed by atoms with E-state index >= 15 is 0 Å². The Morgan fingerprint density at radius 2 is 2.00 bits per heavy atom. The van der Waals surface area contributed by atoms with Crippen LogP contribution in [-0.2, 0) is 23.6 Å². The Labute approximate surface area is 305 Å². The van der Waals surface area contributed by atoms with E-state index in [0.29, 0.717) is 28.6 Å². The van der Waals surface area contributed by atoms with E-state index in [0.717, 1.165) is 95.1 Å². The molecule has 3 aromatic heterocycles. The fourth-order valence-electron chi connectivity index (χ4n) is 7.40. The fourth-order valence-corrected chi connectivity index (χ4v) is 7.51. The molecule has 3 aromatic carbocycles. The number of benzene rings is 3. The number of imidazole rings is 1. The molecule has 1 saturated heterocycles. The van der Waals surface area contributed by atoms with Gasteiger partial charge in [-0.2, -0.15) is 5.10 Å². The first-order valence-electron chi connectivity index (χ1n) is 17.6. The van der Waals surface area contributed by atoms with Gasteiger partial charge in [-0.3, -0.25) is 19.8 Å². The van der Waals surface area contributed by atoms with Crippen LogP contribution in [0.2, 0.25) is 5.02 Å². The molecule has 12 heteroatoms. The van der Waals surface area contributed by atoms with Crippen LogP contribution >= 0.6 is 11.6 Å². The number of hydrogen-bond donors (Lipinski definition) is 2. The van der Waals surface area contributed by atoms with Crippen molar-refractivity contribution in [3.8, 4) is 11.5 Å². The summed E-state index contributed by atoms with van der Waals surface area (Å²) in [6, 6.07) is 19.3. The minimum Gasteiger partial charge on any atom is -0.443 e. The maximum Gasteiger partial charge on any atom is 0.292 e. The average Bonchev–Trinajstić information content (AvgIpc) is 3.79. The Morgan fingerprint density at radius 3 is 2.77 bits per heavy atom. The predicted molar refractivity (Wildman–Crippen MR) is 200 cm³/mol. The van der Waals surface area contributed by atoms with Crippen LogP contribution in [0.4, 0.5) is 5.69 Å². The fraction of sp³-hybridized carbons (Fsp3) is 0.300. The van der Waals surface area contributed by atoms with Crippen LogP contribution < -0.4 is 14.8 Å². The molecular formula is C40H38ClN7O4. The van der Waals surface area contributed by atoms with Gasteiger partial charge in [0.25, 0.3) is 11.7 Å². The summed E-state index contributed by atoms with van der Waals surface area (Å²) >= 11 is 6.08. The first-order chi connectivity index (χ1) is 25.2. The highest BCUT2D eigenvalue weighted by Crippen LogP contribution is 2.48.